The summed E-state index contributed by atoms with van der Waals surface area (Å²) in [4.78, 5) is 14.4. The summed E-state index contributed by atoms with van der Waals surface area (Å²) in [6, 6.07) is 2.08. The fourth-order valence-corrected chi connectivity index (χ4v) is 4.82. The molecule has 1 amide bonds. The van der Waals surface area contributed by atoms with Crippen molar-refractivity contribution in [3.05, 3.63) is 29.3 Å². The van der Waals surface area contributed by atoms with Gasteiger partial charge in [0.1, 0.15) is 0 Å². The van der Waals surface area contributed by atoms with Gasteiger partial charge >= 0.3 is 0 Å². The van der Waals surface area contributed by atoms with Crippen molar-refractivity contribution < 1.29 is 23.0 Å². The zero-order chi connectivity index (χ0) is 17.7. The van der Waals surface area contributed by atoms with E-state index in [0.29, 0.717) is 25.6 Å². The van der Waals surface area contributed by atoms with Crippen LogP contribution in [0, 0.1) is 28.4 Å². The van der Waals surface area contributed by atoms with Gasteiger partial charge in [0.2, 0.25) is 0 Å². The van der Waals surface area contributed by atoms with E-state index in [-0.39, 0.29) is 22.3 Å². The van der Waals surface area contributed by atoms with E-state index in [2.05, 4.69) is 18.6 Å². The maximum atomic E-state index is 13.9. The molecule has 2 aliphatic rings. The Morgan fingerprint density at radius 2 is 1.92 bits per heavy atom. The summed E-state index contributed by atoms with van der Waals surface area (Å²) < 4.78 is 37.8. The summed E-state index contributed by atoms with van der Waals surface area (Å²) in [5.74, 6) is -2.21. The molecule has 1 aromatic rings. The Morgan fingerprint density at radius 1 is 1.29 bits per heavy atom. The summed E-state index contributed by atoms with van der Waals surface area (Å²) in [7, 11) is 2.85. The molecule has 3 rings (SSSR count). The molecule has 2 fully saturated rings. The van der Waals surface area contributed by atoms with Crippen molar-refractivity contribution in [1.29, 1.82) is 0 Å². The molecule has 132 valence electrons. The first-order chi connectivity index (χ1) is 11.2. The van der Waals surface area contributed by atoms with Crippen LogP contribution in [-0.4, -0.2) is 44.7 Å². The number of hydrogen-bond acceptors (Lipinski definition) is 3. The third kappa shape index (κ3) is 2.48. The van der Waals surface area contributed by atoms with E-state index in [0.717, 1.165) is 18.6 Å². The highest BCUT2D eigenvalue weighted by molar-refractivity contribution is 5.94. The molecule has 1 aromatic carbocycles. The van der Waals surface area contributed by atoms with Crippen molar-refractivity contribution >= 4 is 5.91 Å². The molecule has 1 saturated carbocycles. The molecule has 0 radical (unpaired) electrons. The van der Waals surface area contributed by atoms with E-state index < -0.39 is 17.4 Å². The molecule has 0 bridgehead atoms. The Kier molecular flexibility index (Phi) is 4.06. The van der Waals surface area contributed by atoms with Crippen LogP contribution in [0.2, 0.25) is 0 Å². The predicted molar refractivity (Wildman–Crippen MR) is 85.0 cm³/mol. The zero-order valence-corrected chi connectivity index (χ0v) is 14.5. The number of hydrogen-bond donors (Lipinski definition) is 0. The smallest absolute Gasteiger partial charge is 0.254 e. The highest BCUT2D eigenvalue weighted by atomic mass is 19.1. The van der Waals surface area contributed by atoms with Crippen LogP contribution in [0.25, 0.3) is 0 Å². The van der Waals surface area contributed by atoms with Crippen molar-refractivity contribution in [2.45, 2.75) is 20.3 Å². The third-order valence-corrected chi connectivity index (χ3v) is 5.57. The van der Waals surface area contributed by atoms with Gasteiger partial charge < -0.3 is 14.4 Å². The number of carbonyl (C=O) groups is 1. The number of fused-ring (bicyclic) bond motifs is 1. The van der Waals surface area contributed by atoms with Crippen molar-refractivity contribution in [3.63, 3.8) is 0 Å². The Labute approximate surface area is 140 Å². The number of rotatable bonds is 4. The average Bonchev–Trinajstić information content (AvgIpc) is 2.81. The lowest BCUT2D eigenvalue weighted by Crippen LogP contribution is -2.55. The van der Waals surface area contributed by atoms with Gasteiger partial charge in [-0.3, -0.25) is 4.79 Å². The van der Waals surface area contributed by atoms with E-state index in [1.165, 1.54) is 7.11 Å². The second kappa shape index (κ2) is 5.69. The van der Waals surface area contributed by atoms with Crippen LogP contribution in [0.1, 0.15) is 30.6 Å². The number of likely N-dealkylation sites (tertiary alicyclic amines) is 1. The van der Waals surface area contributed by atoms with Crippen LogP contribution in [0.3, 0.4) is 0 Å². The second-order valence-corrected chi connectivity index (χ2v) is 7.67. The molecule has 1 aliphatic heterocycles. The molecule has 0 spiro atoms. The molecule has 4 nitrogen and oxygen atoms in total. The molecule has 2 atom stereocenters. The van der Waals surface area contributed by atoms with Gasteiger partial charge in [0.25, 0.3) is 5.91 Å². The van der Waals surface area contributed by atoms with Crippen molar-refractivity contribution in [2.24, 2.45) is 16.7 Å². The highest BCUT2D eigenvalue weighted by Gasteiger charge is 2.63. The number of methoxy groups -OCH3 is 2. The Balaban J connectivity index is 1.85. The monoisotopic (exact) mass is 339 g/mol. The summed E-state index contributed by atoms with van der Waals surface area (Å²) in [6.07, 6.45) is 0.980. The molecule has 1 heterocycles. The summed E-state index contributed by atoms with van der Waals surface area (Å²) in [6.45, 7) is 6.11. The van der Waals surface area contributed by atoms with Gasteiger partial charge in [0, 0.05) is 31.2 Å². The van der Waals surface area contributed by atoms with E-state index in [4.69, 9.17) is 4.74 Å². The minimum Gasteiger partial charge on any atom is -0.491 e. The van der Waals surface area contributed by atoms with Crippen LogP contribution in [-0.2, 0) is 4.74 Å². The van der Waals surface area contributed by atoms with Gasteiger partial charge in [0.05, 0.1) is 13.7 Å². The largest absolute Gasteiger partial charge is 0.491 e. The number of amides is 1. The number of ether oxygens (including phenoxy) is 2. The molecule has 0 N–H and O–H groups in total. The van der Waals surface area contributed by atoms with Crippen molar-refractivity contribution in [2.75, 3.05) is 33.9 Å². The minimum absolute atomic E-state index is 0.0115. The average molecular weight is 339 g/mol. The van der Waals surface area contributed by atoms with Crippen molar-refractivity contribution in [1.82, 2.24) is 4.90 Å². The van der Waals surface area contributed by atoms with Gasteiger partial charge in [-0.2, -0.15) is 0 Å². The molecule has 0 unspecified atom stereocenters. The van der Waals surface area contributed by atoms with Gasteiger partial charge in [-0.05, 0) is 29.9 Å². The molecular formula is C18H23F2NO3. The minimum atomic E-state index is -0.866. The zero-order valence-electron chi connectivity index (χ0n) is 14.5. The number of benzene rings is 1. The lowest BCUT2D eigenvalue weighted by Gasteiger charge is -2.56. The SMILES string of the molecule is COC[C@@]12CN(C(=O)c3cc(F)c(OC)c(F)c3)C[C@@H]1C(C)(C)C2. The predicted octanol–water partition coefficient (Wildman–Crippen LogP) is 3.11. The number of nitrogens with zero attached hydrogens (tertiary/aromatic N) is 1. The van der Waals surface area contributed by atoms with Crippen LogP contribution >= 0.6 is 0 Å². The van der Waals surface area contributed by atoms with E-state index >= 15 is 0 Å². The second-order valence-electron chi connectivity index (χ2n) is 7.67. The molecule has 1 saturated heterocycles. The standard InChI is InChI=1S/C18H23F2NO3/c1-17(2)8-18(10-23-3)9-21(7-14(17)18)16(22)11-5-12(19)15(24-4)13(20)6-11/h5-6,14H,7-10H2,1-4H3/t14-,18-/m1/s1. The molecule has 24 heavy (non-hydrogen) atoms. The molecule has 1 aliphatic carbocycles. The Hall–Kier alpha value is -1.69. The number of carbonyl (C=O) groups excluding carboxylic acids is 1. The first kappa shape index (κ1) is 17.1. The van der Waals surface area contributed by atoms with Gasteiger partial charge in [0.15, 0.2) is 17.4 Å². The fraction of sp³-hybridized carbons (Fsp3) is 0.611. The van der Waals surface area contributed by atoms with E-state index in [1.54, 1.807) is 12.0 Å². The maximum absolute atomic E-state index is 13.9. The van der Waals surface area contributed by atoms with Gasteiger partial charge in [-0.25, -0.2) is 8.78 Å². The first-order valence-electron chi connectivity index (χ1n) is 8.05. The normalized spacial score (nSPS) is 27.6. The van der Waals surface area contributed by atoms with Crippen LogP contribution < -0.4 is 4.74 Å². The maximum Gasteiger partial charge on any atom is 0.254 e. The third-order valence-electron chi connectivity index (χ3n) is 5.57. The van der Waals surface area contributed by atoms with E-state index in [9.17, 15) is 13.6 Å². The first-order valence-corrected chi connectivity index (χ1v) is 8.05. The van der Waals surface area contributed by atoms with Crippen LogP contribution in [0.4, 0.5) is 8.78 Å². The van der Waals surface area contributed by atoms with Gasteiger partial charge in [-0.1, -0.05) is 13.8 Å². The summed E-state index contributed by atoms with van der Waals surface area (Å²) in [5, 5.41) is 0. The van der Waals surface area contributed by atoms with Gasteiger partial charge in [-0.15, -0.1) is 0 Å². The van der Waals surface area contributed by atoms with E-state index in [1.807, 2.05) is 0 Å². The lowest BCUT2D eigenvalue weighted by atomic mass is 9.48. The number of halogens is 2. The quantitative estimate of drug-likeness (QED) is 0.846. The lowest BCUT2D eigenvalue weighted by molar-refractivity contribution is -0.107. The summed E-state index contributed by atoms with van der Waals surface area (Å²) >= 11 is 0. The Morgan fingerprint density at radius 3 is 2.42 bits per heavy atom. The fourth-order valence-electron chi connectivity index (χ4n) is 4.82. The highest BCUT2D eigenvalue weighted by Crippen LogP contribution is 2.62. The topological polar surface area (TPSA) is 38.8 Å². The Bertz CT molecular complexity index is 653. The summed E-state index contributed by atoms with van der Waals surface area (Å²) in [5.41, 5.74) is 0.110. The van der Waals surface area contributed by atoms with Crippen LogP contribution in [0.15, 0.2) is 12.1 Å². The van der Waals surface area contributed by atoms with Crippen molar-refractivity contribution in [3.8, 4) is 5.75 Å². The molecule has 0 aromatic heterocycles. The molecular weight excluding hydrogens is 316 g/mol. The molecule has 6 heteroatoms. The van der Waals surface area contributed by atoms with Crippen LogP contribution in [0.5, 0.6) is 5.75 Å².